The summed E-state index contributed by atoms with van der Waals surface area (Å²) in [6, 6.07) is 17.4. The van der Waals surface area contributed by atoms with Gasteiger partial charge in [0.05, 0.1) is 13.2 Å². The molecular formula is C29H28F3N3O4. The second-order valence-corrected chi connectivity index (χ2v) is 9.08. The minimum Gasteiger partial charge on any atom is -0.480 e. The minimum absolute atomic E-state index is 0.0294. The first-order valence-corrected chi connectivity index (χ1v) is 12.4. The molecule has 0 aliphatic carbocycles. The van der Waals surface area contributed by atoms with Gasteiger partial charge in [0.2, 0.25) is 5.91 Å². The van der Waals surface area contributed by atoms with Crippen LogP contribution in [0, 0.1) is 0 Å². The highest BCUT2D eigenvalue weighted by molar-refractivity contribution is 5.94. The van der Waals surface area contributed by atoms with Crippen molar-refractivity contribution in [2.45, 2.75) is 25.2 Å². The molecule has 2 heterocycles. The molecule has 1 aromatic heterocycles. The molecule has 1 fully saturated rings. The number of rotatable bonds is 9. The molecule has 2 aromatic carbocycles. The van der Waals surface area contributed by atoms with E-state index in [4.69, 9.17) is 4.74 Å². The number of nitrogens with zero attached hydrogens (tertiary/aromatic N) is 3. The van der Waals surface area contributed by atoms with Crippen molar-refractivity contribution in [2.24, 2.45) is 0 Å². The SMILES string of the molecule is O=C(O)[C@H](Cc1ccccc1)N(Cc1ccc(N2CCOCC2)cc1)C(=O)C=Cc1ccc(C(F)(F)F)nc1. The Bertz CT molecular complexity index is 1270. The van der Waals surface area contributed by atoms with E-state index in [-0.39, 0.29) is 18.5 Å². The van der Waals surface area contributed by atoms with Crippen molar-refractivity contribution in [1.29, 1.82) is 0 Å². The number of carbonyl (C=O) groups is 2. The maximum Gasteiger partial charge on any atom is 0.433 e. The number of benzene rings is 2. The molecule has 10 heteroatoms. The van der Waals surface area contributed by atoms with Gasteiger partial charge < -0.3 is 19.6 Å². The number of pyridine rings is 1. The summed E-state index contributed by atoms with van der Waals surface area (Å²) in [7, 11) is 0. The topological polar surface area (TPSA) is 83.0 Å². The number of hydrogen-bond acceptors (Lipinski definition) is 5. The molecule has 1 atom stereocenters. The summed E-state index contributed by atoms with van der Waals surface area (Å²) in [5.41, 5.74) is 1.74. The van der Waals surface area contributed by atoms with E-state index in [9.17, 15) is 27.9 Å². The summed E-state index contributed by atoms with van der Waals surface area (Å²) in [5.74, 6) is -1.75. The van der Waals surface area contributed by atoms with Crippen molar-refractivity contribution >= 4 is 23.6 Å². The lowest BCUT2D eigenvalue weighted by Gasteiger charge is -2.30. The highest BCUT2D eigenvalue weighted by Gasteiger charge is 2.32. The summed E-state index contributed by atoms with van der Waals surface area (Å²) in [6.45, 7) is 2.86. The van der Waals surface area contributed by atoms with E-state index in [0.29, 0.717) is 13.2 Å². The molecule has 39 heavy (non-hydrogen) atoms. The van der Waals surface area contributed by atoms with Gasteiger partial charge in [0.15, 0.2) is 0 Å². The van der Waals surface area contributed by atoms with Crippen LogP contribution in [0.2, 0.25) is 0 Å². The van der Waals surface area contributed by atoms with Gasteiger partial charge in [-0.15, -0.1) is 0 Å². The Morgan fingerprint density at radius 3 is 2.28 bits per heavy atom. The predicted molar refractivity (Wildman–Crippen MR) is 140 cm³/mol. The Labute approximate surface area is 224 Å². The molecular weight excluding hydrogens is 511 g/mol. The van der Waals surface area contributed by atoms with Crippen LogP contribution in [0.3, 0.4) is 0 Å². The number of amides is 1. The van der Waals surface area contributed by atoms with Gasteiger partial charge in [0.1, 0.15) is 11.7 Å². The number of hydrogen-bond donors (Lipinski definition) is 1. The lowest BCUT2D eigenvalue weighted by molar-refractivity contribution is -0.148. The van der Waals surface area contributed by atoms with Gasteiger partial charge >= 0.3 is 12.1 Å². The lowest BCUT2D eigenvalue weighted by Crippen LogP contribution is -2.45. The second kappa shape index (κ2) is 12.6. The van der Waals surface area contributed by atoms with E-state index in [2.05, 4.69) is 9.88 Å². The van der Waals surface area contributed by atoms with E-state index < -0.39 is 29.8 Å². The number of aliphatic carboxylic acids is 1. The molecule has 0 unspecified atom stereocenters. The van der Waals surface area contributed by atoms with Crippen LogP contribution in [0.5, 0.6) is 0 Å². The maximum absolute atomic E-state index is 13.4. The van der Waals surface area contributed by atoms with Crippen LogP contribution in [0.15, 0.2) is 79.0 Å². The number of carboxylic acid groups (broad SMARTS) is 1. The molecule has 204 valence electrons. The van der Waals surface area contributed by atoms with E-state index in [1.54, 1.807) is 24.3 Å². The van der Waals surface area contributed by atoms with Crippen LogP contribution >= 0.6 is 0 Å². The van der Waals surface area contributed by atoms with Crippen molar-refractivity contribution in [2.75, 3.05) is 31.2 Å². The summed E-state index contributed by atoms with van der Waals surface area (Å²) in [4.78, 5) is 32.5. The van der Waals surface area contributed by atoms with Crippen molar-refractivity contribution in [3.05, 3.63) is 101 Å². The van der Waals surface area contributed by atoms with E-state index >= 15 is 0 Å². The fourth-order valence-corrected chi connectivity index (χ4v) is 4.28. The van der Waals surface area contributed by atoms with E-state index in [1.807, 2.05) is 30.3 Å². The Hall–Kier alpha value is -4.18. The number of morpholine rings is 1. The first-order valence-electron chi connectivity index (χ1n) is 12.4. The monoisotopic (exact) mass is 539 g/mol. The third-order valence-electron chi connectivity index (χ3n) is 6.38. The summed E-state index contributed by atoms with van der Waals surface area (Å²) in [6.07, 6.45) is -0.986. The number of halogens is 3. The van der Waals surface area contributed by atoms with Crippen LogP contribution in [0.4, 0.5) is 18.9 Å². The van der Waals surface area contributed by atoms with Gasteiger partial charge in [-0.05, 0) is 41.0 Å². The molecule has 1 amide bonds. The fourth-order valence-electron chi connectivity index (χ4n) is 4.28. The average molecular weight is 540 g/mol. The zero-order valence-electron chi connectivity index (χ0n) is 21.1. The lowest BCUT2D eigenvalue weighted by atomic mass is 10.0. The highest BCUT2D eigenvalue weighted by Crippen LogP contribution is 2.27. The zero-order valence-corrected chi connectivity index (χ0v) is 21.1. The van der Waals surface area contributed by atoms with Crippen LogP contribution < -0.4 is 4.90 Å². The second-order valence-electron chi connectivity index (χ2n) is 9.08. The highest BCUT2D eigenvalue weighted by atomic mass is 19.4. The van der Waals surface area contributed by atoms with Gasteiger partial charge in [0.25, 0.3) is 0 Å². The van der Waals surface area contributed by atoms with Crippen LogP contribution in [-0.2, 0) is 33.5 Å². The minimum atomic E-state index is -4.57. The smallest absolute Gasteiger partial charge is 0.433 e. The number of aromatic nitrogens is 1. The van der Waals surface area contributed by atoms with Crippen molar-refractivity contribution in [3.63, 3.8) is 0 Å². The number of anilines is 1. The normalized spacial score (nSPS) is 14.8. The van der Waals surface area contributed by atoms with Gasteiger partial charge in [-0.25, -0.2) is 4.79 Å². The zero-order chi connectivity index (χ0) is 27.8. The number of carboxylic acids is 1. The Morgan fingerprint density at radius 2 is 1.69 bits per heavy atom. The molecule has 0 bridgehead atoms. The average Bonchev–Trinajstić information content (AvgIpc) is 2.94. The van der Waals surface area contributed by atoms with Crippen molar-refractivity contribution in [1.82, 2.24) is 9.88 Å². The quantitative estimate of drug-likeness (QED) is 0.398. The number of ether oxygens (including phenoxy) is 1. The largest absolute Gasteiger partial charge is 0.480 e. The van der Waals surface area contributed by atoms with E-state index in [1.165, 1.54) is 17.0 Å². The van der Waals surface area contributed by atoms with Crippen molar-refractivity contribution < 1.29 is 32.6 Å². The molecule has 7 nitrogen and oxygen atoms in total. The van der Waals surface area contributed by atoms with Gasteiger partial charge in [-0.2, -0.15) is 13.2 Å². The van der Waals surface area contributed by atoms with Crippen LogP contribution in [0.25, 0.3) is 6.08 Å². The summed E-state index contributed by atoms with van der Waals surface area (Å²) in [5, 5.41) is 10.1. The standard InChI is InChI=1S/C29H28F3N3O4/c30-29(31,32)26-12-8-22(19-33-26)9-13-27(36)35(25(28(37)38)18-21-4-2-1-3-5-21)20-23-6-10-24(11-7-23)34-14-16-39-17-15-34/h1-13,19,25H,14-18,20H2,(H,37,38)/t25-/m0/s1. The van der Waals surface area contributed by atoms with Crippen molar-refractivity contribution in [3.8, 4) is 0 Å². The molecule has 0 radical (unpaired) electrons. The maximum atomic E-state index is 13.4. The Kier molecular flexibility index (Phi) is 8.98. The van der Waals surface area contributed by atoms with Gasteiger partial charge in [0, 0.05) is 44.0 Å². The number of alkyl halides is 3. The van der Waals surface area contributed by atoms with Crippen LogP contribution in [-0.4, -0.2) is 59.2 Å². The third kappa shape index (κ3) is 7.67. The molecule has 1 aliphatic rings. The Balaban J connectivity index is 1.57. The predicted octanol–water partition coefficient (Wildman–Crippen LogP) is 4.67. The molecule has 1 N–H and O–H groups in total. The van der Waals surface area contributed by atoms with E-state index in [0.717, 1.165) is 48.2 Å². The summed E-state index contributed by atoms with van der Waals surface area (Å²) >= 11 is 0. The van der Waals surface area contributed by atoms with Gasteiger partial charge in [-0.1, -0.05) is 48.5 Å². The first kappa shape index (κ1) is 27.8. The first-order chi connectivity index (χ1) is 18.7. The van der Waals surface area contributed by atoms with Crippen LogP contribution in [0.1, 0.15) is 22.4 Å². The molecule has 3 aromatic rings. The molecule has 1 aliphatic heterocycles. The molecule has 0 saturated carbocycles. The summed E-state index contributed by atoms with van der Waals surface area (Å²) < 4.78 is 43.8. The number of carbonyl (C=O) groups excluding carboxylic acids is 1. The Morgan fingerprint density at radius 1 is 1.00 bits per heavy atom. The van der Waals surface area contributed by atoms with Gasteiger partial charge in [-0.3, -0.25) is 9.78 Å². The third-order valence-corrected chi connectivity index (χ3v) is 6.38. The fraction of sp³-hybridized carbons (Fsp3) is 0.276. The molecule has 0 spiro atoms. The molecule has 4 rings (SSSR count). The molecule has 1 saturated heterocycles.